The lowest BCUT2D eigenvalue weighted by molar-refractivity contribution is -0.124. The molecule has 3 aromatic rings. The van der Waals surface area contributed by atoms with Gasteiger partial charge in [0.2, 0.25) is 0 Å². The van der Waals surface area contributed by atoms with E-state index in [9.17, 15) is 14.0 Å². The number of ether oxygens (including phenoxy) is 1. The molecule has 8 heteroatoms. The Kier molecular flexibility index (Phi) is 7.58. The Bertz CT molecular complexity index is 1230. The summed E-state index contributed by atoms with van der Waals surface area (Å²) in [4.78, 5) is 33.5. The predicted octanol–water partition coefficient (Wildman–Crippen LogP) is 5.48. The van der Waals surface area contributed by atoms with Gasteiger partial charge in [-0.15, -0.1) is 0 Å². The van der Waals surface area contributed by atoms with E-state index >= 15 is 0 Å². The Balaban J connectivity index is 1.63. The molecule has 1 amide bonds. The summed E-state index contributed by atoms with van der Waals surface area (Å²) in [6.45, 7) is 6.30. The molecular weight excluding hydrogens is 501 g/mol. The number of anilines is 1. The van der Waals surface area contributed by atoms with Gasteiger partial charge in [0.05, 0.1) is 16.8 Å². The van der Waals surface area contributed by atoms with E-state index in [0.29, 0.717) is 22.0 Å². The predicted molar refractivity (Wildman–Crippen MR) is 133 cm³/mol. The van der Waals surface area contributed by atoms with Crippen LogP contribution in [-0.4, -0.2) is 41.0 Å². The number of hydrogen-bond donors (Lipinski definition) is 1. The van der Waals surface area contributed by atoms with Crippen molar-refractivity contribution in [3.8, 4) is 0 Å². The standard InChI is InChI=1S/C26H27BrFN3O3/c1-3-12-31-13-11-21-18(15-31)24(17-7-5-6-8-20(17)29-21)26(33)34-23(4-2)25(32)30-22-10-9-16(27)14-19(22)28/h5-10,14,23H,3-4,11-13,15H2,1-2H3,(H,30,32). The molecule has 0 spiro atoms. The average Bonchev–Trinajstić information content (AvgIpc) is 2.82. The van der Waals surface area contributed by atoms with Gasteiger partial charge in [0.25, 0.3) is 5.91 Å². The number of para-hydroxylation sites is 1. The van der Waals surface area contributed by atoms with Crippen molar-refractivity contribution in [1.29, 1.82) is 0 Å². The third-order valence-corrected chi connectivity index (χ3v) is 6.46. The van der Waals surface area contributed by atoms with Crippen LogP contribution in [0, 0.1) is 5.82 Å². The zero-order valence-electron chi connectivity index (χ0n) is 19.2. The SMILES string of the molecule is CCCN1CCc2nc3ccccc3c(C(=O)OC(CC)C(=O)Nc3ccc(Br)cc3F)c2C1. The highest BCUT2D eigenvalue weighted by molar-refractivity contribution is 9.10. The van der Waals surface area contributed by atoms with Gasteiger partial charge >= 0.3 is 5.97 Å². The number of amides is 1. The quantitative estimate of drug-likeness (QED) is 0.412. The fourth-order valence-corrected chi connectivity index (χ4v) is 4.63. The molecule has 0 fully saturated rings. The van der Waals surface area contributed by atoms with Crippen LogP contribution in [0.5, 0.6) is 0 Å². The zero-order valence-corrected chi connectivity index (χ0v) is 20.8. The summed E-state index contributed by atoms with van der Waals surface area (Å²) < 4.78 is 20.5. The Morgan fingerprint density at radius 1 is 1.24 bits per heavy atom. The molecule has 0 saturated heterocycles. The van der Waals surface area contributed by atoms with Gasteiger partial charge in [0, 0.05) is 40.6 Å². The molecule has 0 bridgehead atoms. The van der Waals surface area contributed by atoms with E-state index in [1.165, 1.54) is 12.1 Å². The topological polar surface area (TPSA) is 71.5 Å². The van der Waals surface area contributed by atoms with E-state index in [0.717, 1.165) is 42.7 Å². The van der Waals surface area contributed by atoms with Gasteiger partial charge in [0.1, 0.15) is 5.82 Å². The molecule has 34 heavy (non-hydrogen) atoms. The summed E-state index contributed by atoms with van der Waals surface area (Å²) in [5.74, 6) is -1.71. The second-order valence-electron chi connectivity index (χ2n) is 8.37. The fourth-order valence-electron chi connectivity index (χ4n) is 4.30. The van der Waals surface area contributed by atoms with Crippen LogP contribution in [0.1, 0.15) is 48.3 Å². The minimum atomic E-state index is -1.06. The number of aromatic nitrogens is 1. The van der Waals surface area contributed by atoms with Gasteiger partial charge in [-0.3, -0.25) is 14.7 Å². The fraction of sp³-hybridized carbons (Fsp3) is 0.346. The molecule has 2 heterocycles. The smallest absolute Gasteiger partial charge is 0.340 e. The molecular formula is C26H27BrFN3O3. The van der Waals surface area contributed by atoms with Crippen molar-refractivity contribution in [2.45, 2.75) is 45.8 Å². The summed E-state index contributed by atoms with van der Waals surface area (Å²) in [7, 11) is 0. The molecule has 2 aromatic carbocycles. The lowest BCUT2D eigenvalue weighted by Crippen LogP contribution is -2.35. The van der Waals surface area contributed by atoms with Crippen molar-refractivity contribution in [3.63, 3.8) is 0 Å². The molecule has 0 saturated carbocycles. The van der Waals surface area contributed by atoms with Crippen molar-refractivity contribution in [2.24, 2.45) is 0 Å². The van der Waals surface area contributed by atoms with Crippen molar-refractivity contribution in [1.82, 2.24) is 9.88 Å². The summed E-state index contributed by atoms with van der Waals surface area (Å²) in [6.07, 6.45) is 0.957. The van der Waals surface area contributed by atoms with Gasteiger partial charge in [-0.2, -0.15) is 0 Å². The number of benzene rings is 2. The Labute approximate surface area is 206 Å². The molecule has 1 aliphatic heterocycles. The third-order valence-electron chi connectivity index (χ3n) is 5.97. The highest BCUT2D eigenvalue weighted by Gasteiger charge is 2.29. The number of nitrogens with zero attached hydrogens (tertiary/aromatic N) is 2. The van der Waals surface area contributed by atoms with Crippen LogP contribution in [0.4, 0.5) is 10.1 Å². The summed E-state index contributed by atoms with van der Waals surface area (Å²) in [5, 5.41) is 3.24. The van der Waals surface area contributed by atoms with Crippen LogP contribution < -0.4 is 5.32 Å². The molecule has 1 N–H and O–H groups in total. The number of esters is 1. The lowest BCUT2D eigenvalue weighted by atomic mass is 9.95. The maximum Gasteiger partial charge on any atom is 0.340 e. The van der Waals surface area contributed by atoms with E-state index in [1.54, 1.807) is 13.0 Å². The second kappa shape index (κ2) is 10.6. The molecule has 1 unspecified atom stereocenters. The van der Waals surface area contributed by atoms with Crippen LogP contribution in [-0.2, 0) is 22.5 Å². The van der Waals surface area contributed by atoms with Gasteiger partial charge in [-0.05, 0) is 43.7 Å². The average molecular weight is 528 g/mol. The zero-order chi connectivity index (χ0) is 24.2. The Morgan fingerprint density at radius 3 is 2.76 bits per heavy atom. The summed E-state index contributed by atoms with van der Waals surface area (Å²) in [5.41, 5.74) is 2.98. The molecule has 6 nitrogen and oxygen atoms in total. The Morgan fingerprint density at radius 2 is 2.03 bits per heavy atom. The second-order valence-corrected chi connectivity index (χ2v) is 9.29. The number of nitrogens with one attached hydrogen (secondary N) is 1. The van der Waals surface area contributed by atoms with E-state index < -0.39 is 23.8 Å². The molecule has 1 atom stereocenters. The maximum absolute atomic E-state index is 14.2. The van der Waals surface area contributed by atoms with E-state index in [-0.39, 0.29) is 12.1 Å². The largest absolute Gasteiger partial charge is 0.449 e. The minimum Gasteiger partial charge on any atom is -0.449 e. The van der Waals surface area contributed by atoms with Gasteiger partial charge in [-0.1, -0.05) is 48.0 Å². The highest BCUT2D eigenvalue weighted by Crippen LogP contribution is 2.29. The monoisotopic (exact) mass is 527 g/mol. The van der Waals surface area contributed by atoms with Crippen LogP contribution in [0.2, 0.25) is 0 Å². The molecule has 4 rings (SSSR count). The van der Waals surface area contributed by atoms with Crippen molar-refractivity contribution < 1.29 is 18.7 Å². The normalized spacial score (nSPS) is 14.5. The first-order valence-corrected chi connectivity index (χ1v) is 12.3. The Hall–Kier alpha value is -2.84. The van der Waals surface area contributed by atoms with E-state index in [1.807, 2.05) is 24.3 Å². The third kappa shape index (κ3) is 5.13. The van der Waals surface area contributed by atoms with Gasteiger partial charge in [-0.25, -0.2) is 9.18 Å². The molecule has 0 radical (unpaired) electrons. The van der Waals surface area contributed by atoms with E-state index in [4.69, 9.17) is 9.72 Å². The van der Waals surface area contributed by atoms with Crippen molar-refractivity contribution in [2.75, 3.05) is 18.4 Å². The number of carbonyl (C=O) groups is 2. The number of halogens is 2. The molecule has 0 aliphatic carbocycles. The number of pyridine rings is 1. The lowest BCUT2D eigenvalue weighted by Gasteiger charge is -2.30. The highest BCUT2D eigenvalue weighted by atomic mass is 79.9. The van der Waals surface area contributed by atoms with Gasteiger partial charge < -0.3 is 10.1 Å². The first-order valence-electron chi connectivity index (χ1n) is 11.5. The molecule has 1 aliphatic rings. The number of fused-ring (bicyclic) bond motifs is 2. The van der Waals surface area contributed by atoms with E-state index in [2.05, 4.69) is 33.1 Å². The van der Waals surface area contributed by atoms with Crippen molar-refractivity contribution in [3.05, 3.63) is 69.6 Å². The number of carbonyl (C=O) groups excluding carboxylic acids is 2. The number of rotatable bonds is 7. The first kappa shape index (κ1) is 24.3. The van der Waals surface area contributed by atoms with Crippen LogP contribution in [0.15, 0.2) is 46.9 Å². The van der Waals surface area contributed by atoms with Crippen LogP contribution in [0.25, 0.3) is 10.9 Å². The minimum absolute atomic E-state index is 0.0321. The van der Waals surface area contributed by atoms with Crippen molar-refractivity contribution >= 4 is 44.4 Å². The maximum atomic E-state index is 14.2. The van der Waals surface area contributed by atoms with Crippen LogP contribution in [0.3, 0.4) is 0 Å². The number of hydrogen-bond acceptors (Lipinski definition) is 5. The molecule has 1 aromatic heterocycles. The summed E-state index contributed by atoms with van der Waals surface area (Å²) in [6, 6.07) is 11.8. The van der Waals surface area contributed by atoms with Crippen LogP contribution >= 0.6 is 15.9 Å². The first-order chi connectivity index (χ1) is 16.4. The summed E-state index contributed by atoms with van der Waals surface area (Å²) >= 11 is 3.20. The van der Waals surface area contributed by atoms with Gasteiger partial charge in [0.15, 0.2) is 6.10 Å². The molecule has 178 valence electrons.